The van der Waals surface area contributed by atoms with E-state index in [1.54, 1.807) is 7.11 Å². The van der Waals surface area contributed by atoms with Gasteiger partial charge in [-0.3, -0.25) is 4.90 Å². The number of aliphatic hydroxyl groups is 1. The number of rotatable bonds is 5. The minimum absolute atomic E-state index is 0.393. The lowest BCUT2D eigenvalue weighted by Crippen LogP contribution is -2.34. The van der Waals surface area contributed by atoms with Crippen LogP contribution in [0.2, 0.25) is 0 Å². The highest BCUT2D eigenvalue weighted by molar-refractivity contribution is 5.35. The van der Waals surface area contributed by atoms with E-state index in [9.17, 15) is 5.11 Å². The highest BCUT2D eigenvalue weighted by Gasteiger charge is 2.28. The molecule has 0 aliphatic carbocycles. The van der Waals surface area contributed by atoms with Crippen molar-refractivity contribution in [2.75, 3.05) is 26.8 Å². The molecule has 3 heteroatoms. The van der Waals surface area contributed by atoms with E-state index in [1.165, 1.54) is 29.5 Å². The number of β-amino-alcohol motifs (C(OH)–C–C–N with tert-alkyl or cyclic N) is 1. The number of hydrogen-bond acceptors (Lipinski definition) is 3. The summed E-state index contributed by atoms with van der Waals surface area (Å²) in [6, 6.07) is 6.98. The number of ether oxygens (including phenoxy) is 1. The smallest absolute Gasteiger partial charge is 0.0900 e. The Hall–Kier alpha value is -0.900. The molecule has 1 aromatic rings. The van der Waals surface area contributed by atoms with Crippen molar-refractivity contribution < 1.29 is 9.84 Å². The van der Waals surface area contributed by atoms with Crippen LogP contribution >= 0.6 is 0 Å². The van der Waals surface area contributed by atoms with E-state index in [0.717, 1.165) is 6.54 Å². The molecule has 0 amide bonds. The summed E-state index contributed by atoms with van der Waals surface area (Å²) in [7, 11) is 1.63. The third-order valence-corrected chi connectivity index (χ3v) is 4.17. The fraction of sp³-hybridized carbons (Fsp3) is 0.625. The molecule has 0 radical (unpaired) electrons. The molecule has 19 heavy (non-hydrogen) atoms. The normalized spacial score (nSPS) is 21.8. The molecule has 106 valence electrons. The van der Waals surface area contributed by atoms with Crippen molar-refractivity contribution >= 4 is 0 Å². The second-order valence-corrected chi connectivity index (χ2v) is 5.55. The molecule has 1 N–H and O–H groups in total. The molecule has 2 rings (SSSR count). The molecule has 1 fully saturated rings. The van der Waals surface area contributed by atoms with E-state index in [2.05, 4.69) is 36.9 Å². The van der Waals surface area contributed by atoms with Gasteiger partial charge in [0, 0.05) is 19.7 Å². The van der Waals surface area contributed by atoms with E-state index in [0.29, 0.717) is 19.2 Å². The van der Waals surface area contributed by atoms with Crippen LogP contribution in [-0.4, -0.2) is 42.9 Å². The molecule has 1 aliphatic rings. The molecule has 0 bridgehead atoms. The minimum atomic E-state index is -0.393. The van der Waals surface area contributed by atoms with Gasteiger partial charge in [-0.05, 0) is 49.9 Å². The average molecular weight is 263 g/mol. The van der Waals surface area contributed by atoms with E-state index < -0.39 is 6.10 Å². The first-order valence-corrected chi connectivity index (χ1v) is 7.10. The zero-order chi connectivity index (χ0) is 13.8. The van der Waals surface area contributed by atoms with Gasteiger partial charge < -0.3 is 9.84 Å². The number of aryl methyl sites for hydroxylation is 1. The fourth-order valence-corrected chi connectivity index (χ4v) is 3.05. The van der Waals surface area contributed by atoms with Gasteiger partial charge in [0.1, 0.15) is 0 Å². The number of likely N-dealkylation sites (tertiary alicyclic amines) is 1. The SMILES string of the molecule is COC[C@H](O)CN1CCC[C@@H]1c1cccc(C)c1C. The molecule has 1 saturated heterocycles. The van der Waals surface area contributed by atoms with E-state index in [1.807, 2.05) is 0 Å². The van der Waals surface area contributed by atoms with Gasteiger partial charge in [-0.25, -0.2) is 0 Å². The van der Waals surface area contributed by atoms with Gasteiger partial charge >= 0.3 is 0 Å². The van der Waals surface area contributed by atoms with Crippen LogP contribution in [0, 0.1) is 13.8 Å². The summed E-state index contributed by atoms with van der Waals surface area (Å²) in [5, 5.41) is 9.93. The first-order valence-electron chi connectivity index (χ1n) is 7.10. The van der Waals surface area contributed by atoms with E-state index in [4.69, 9.17) is 4.74 Å². The predicted octanol–water partition coefficient (Wildman–Crippen LogP) is 2.45. The van der Waals surface area contributed by atoms with Gasteiger partial charge in [0.15, 0.2) is 0 Å². The Kier molecular flexibility index (Phi) is 4.97. The summed E-state index contributed by atoms with van der Waals surface area (Å²) >= 11 is 0. The third-order valence-electron chi connectivity index (χ3n) is 4.17. The Morgan fingerprint density at radius 1 is 1.42 bits per heavy atom. The zero-order valence-electron chi connectivity index (χ0n) is 12.2. The minimum Gasteiger partial charge on any atom is -0.389 e. The molecule has 1 heterocycles. The number of hydrogen-bond donors (Lipinski definition) is 1. The molecule has 1 aliphatic heterocycles. The Bertz CT molecular complexity index is 419. The van der Waals surface area contributed by atoms with E-state index >= 15 is 0 Å². The number of benzene rings is 1. The monoisotopic (exact) mass is 263 g/mol. The van der Waals surface area contributed by atoms with Gasteiger partial charge in [-0.15, -0.1) is 0 Å². The topological polar surface area (TPSA) is 32.7 Å². The van der Waals surface area contributed by atoms with Crippen molar-refractivity contribution in [3.63, 3.8) is 0 Å². The number of nitrogens with zero attached hydrogens (tertiary/aromatic N) is 1. The quantitative estimate of drug-likeness (QED) is 0.885. The molecule has 0 unspecified atom stereocenters. The lowest BCUT2D eigenvalue weighted by atomic mass is 9.96. The van der Waals surface area contributed by atoms with Gasteiger partial charge in [-0.1, -0.05) is 18.2 Å². The Labute approximate surface area is 116 Å². The van der Waals surface area contributed by atoms with Crippen molar-refractivity contribution in [2.45, 2.75) is 38.8 Å². The van der Waals surface area contributed by atoms with Crippen LogP contribution in [0.4, 0.5) is 0 Å². The van der Waals surface area contributed by atoms with Crippen LogP contribution < -0.4 is 0 Å². The van der Waals surface area contributed by atoms with Crippen LogP contribution in [0.15, 0.2) is 18.2 Å². The second-order valence-electron chi connectivity index (χ2n) is 5.55. The summed E-state index contributed by atoms with van der Waals surface area (Å²) in [5.41, 5.74) is 4.16. The Balaban J connectivity index is 2.12. The van der Waals surface area contributed by atoms with Crippen molar-refractivity contribution in [3.8, 4) is 0 Å². The van der Waals surface area contributed by atoms with Crippen molar-refractivity contribution in [3.05, 3.63) is 34.9 Å². The third kappa shape index (κ3) is 3.35. The van der Waals surface area contributed by atoms with Gasteiger partial charge in [0.05, 0.1) is 12.7 Å². The largest absolute Gasteiger partial charge is 0.389 e. The summed E-state index contributed by atoms with van der Waals surface area (Å²) in [6.45, 7) is 6.55. The highest BCUT2D eigenvalue weighted by atomic mass is 16.5. The summed E-state index contributed by atoms with van der Waals surface area (Å²) in [4.78, 5) is 2.39. The lowest BCUT2D eigenvalue weighted by molar-refractivity contribution is 0.0345. The fourth-order valence-electron chi connectivity index (χ4n) is 3.05. The molecule has 1 aromatic carbocycles. The maximum atomic E-state index is 9.93. The summed E-state index contributed by atoms with van der Waals surface area (Å²) in [5.74, 6) is 0. The second kappa shape index (κ2) is 6.51. The van der Waals surface area contributed by atoms with Crippen LogP contribution in [0.3, 0.4) is 0 Å². The zero-order valence-corrected chi connectivity index (χ0v) is 12.2. The number of aliphatic hydroxyl groups excluding tert-OH is 1. The van der Waals surface area contributed by atoms with Gasteiger partial charge in [0.25, 0.3) is 0 Å². The molecule has 0 spiro atoms. The molecule has 3 nitrogen and oxygen atoms in total. The maximum absolute atomic E-state index is 9.93. The molecular formula is C16H25NO2. The summed E-state index contributed by atoms with van der Waals surface area (Å²) in [6.07, 6.45) is 2.00. The first kappa shape index (κ1) is 14.5. The van der Waals surface area contributed by atoms with Crippen LogP contribution in [0.1, 0.15) is 35.6 Å². The standard InChI is InChI=1S/C16H25NO2/c1-12-6-4-7-15(13(12)2)16-8-5-9-17(16)10-14(18)11-19-3/h4,6-7,14,16,18H,5,8-11H2,1-3H3/t14-,16-/m1/s1. The van der Waals surface area contributed by atoms with E-state index in [-0.39, 0.29) is 0 Å². The average Bonchev–Trinajstić information content (AvgIpc) is 2.81. The maximum Gasteiger partial charge on any atom is 0.0900 e. The van der Waals surface area contributed by atoms with Gasteiger partial charge in [0.2, 0.25) is 0 Å². The molecule has 0 aromatic heterocycles. The van der Waals surface area contributed by atoms with Gasteiger partial charge in [-0.2, -0.15) is 0 Å². The molecule has 0 saturated carbocycles. The Morgan fingerprint density at radius 2 is 2.21 bits per heavy atom. The van der Waals surface area contributed by atoms with Crippen molar-refractivity contribution in [1.82, 2.24) is 4.90 Å². The van der Waals surface area contributed by atoms with Crippen LogP contribution in [0.5, 0.6) is 0 Å². The first-order chi connectivity index (χ1) is 9.13. The lowest BCUT2D eigenvalue weighted by Gasteiger charge is -2.28. The summed E-state index contributed by atoms with van der Waals surface area (Å²) < 4.78 is 5.02. The predicted molar refractivity (Wildman–Crippen MR) is 77.3 cm³/mol. The van der Waals surface area contributed by atoms with Crippen LogP contribution in [0.25, 0.3) is 0 Å². The molecule has 2 atom stereocenters. The van der Waals surface area contributed by atoms with Crippen molar-refractivity contribution in [2.24, 2.45) is 0 Å². The Morgan fingerprint density at radius 3 is 2.95 bits per heavy atom. The highest BCUT2D eigenvalue weighted by Crippen LogP contribution is 2.34. The van der Waals surface area contributed by atoms with Crippen molar-refractivity contribution in [1.29, 1.82) is 0 Å². The van der Waals surface area contributed by atoms with Crippen LogP contribution in [-0.2, 0) is 4.74 Å². The number of methoxy groups -OCH3 is 1. The molecular weight excluding hydrogens is 238 g/mol.